The van der Waals surface area contributed by atoms with Gasteiger partial charge in [0.25, 0.3) is 5.91 Å². The number of nitrogens with one attached hydrogen (secondary N) is 2. The maximum atomic E-state index is 12.6. The van der Waals surface area contributed by atoms with Crippen molar-refractivity contribution in [2.75, 3.05) is 20.8 Å². The lowest BCUT2D eigenvalue weighted by atomic mass is 10.0. The minimum Gasteiger partial charge on any atom is -0.493 e. The van der Waals surface area contributed by atoms with E-state index in [2.05, 4.69) is 43.4 Å². The van der Waals surface area contributed by atoms with Crippen LogP contribution >= 0.6 is 0 Å². The number of methoxy groups -OCH3 is 2. The van der Waals surface area contributed by atoms with Gasteiger partial charge in [-0.1, -0.05) is 44.2 Å². The van der Waals surface area contributed by atoms with Crippen LogP contribution in [0, 0.1) is 0 Å². The standard InChI is InChI=1S/C24H32N2O3/c1-17(2)20-8-5-18(6-9-20)15-26(21-10-11-21)16-24(27)25-14-19-7-12-22(28-3)23(13-19)29-4/h5-9,12-13,17,21H,10-11,14-16H2,1-4H3,(H,25,27)/p+1. The van der Waals surface area contributed by atoms with E-state index in [1.54, 1.807) is 14.2 Å². The van der Waals surface area contributed by atoms with Crippen molar-refractivity contribution in [3.05, 3.63) is 59.2 Å². The van der Waals surface area contributed by atoms with Gasteiger partial charge in [-0.05, 0) is 29.2 Å². The number of rotatable bonds is 10. The van der Waals surface area contributed by atoms with Gasteiger partial charge in [0, 0.05) is 24.9 Å². The Bertz CT molecular complexity index is 813. The highest BCUT2D eigenvalue weighted by Crippen LogP contribution is 2.27. The number of amides is 1. The van der Waals surface area contributed by atoms with Gasteiger partial charge in [-0.25, -0.2) is 0 Å². The molecule has 5 heteroatoms. The summed E-state index contributed by atoms with van der Waals surface area (Å²) in [6.45, 7) is 6.30. The zero-order chi connectivity index (χ0) is 20.8. The van der Waals surface area contributed by atoms with Crippen LogP contribution in [0.4, 0.5) is 0 Å². The molecule has 0 spiro atoms. The minimum absolute atomic E-state index is 0.0838. The minimum atomic E-state index is 0.0838. The molecule has 1 unspecified atom stereocenters. The van der Waals surface area contributed by atoms with E-state index in [4.69, 9.17) is 9.47 Å². The van der Waals surface area contributed by atoms with Crippen molar-refractivity contribution in [1.82, 2.24) is 5.32 Å². The van der Waals surface area contributed by atoms with Crippen LogP contribution < -0.4 is 19.7 Å². The van der Waals surface area contributed by atoms with Gasteiger partial charge in [-0.15, -0.1) is 0 Å². The Kier molecular flexibility index (Phi) is 7.15. The van der Waals surface area contributed by atoms with Crippen molar-refractivity contribution in [1.29, 1.82) is 0 Å². The van der Waals surface area contributed by atoms with Gasteiger partial charge < -0.3 is 19.7 Å². The largest absolute Gasteiger partial charge is 0.493 e. The fraction of sp³-hybridized carbons (Fsp3) is 0.458. The van der Waals surface area contributed by atoms with Crippen molar-refractivity contribution in [2.45, 2.75) is 51.7 Å². The molecule has 1 amide bonds. The Morgan fingerprint density at radius 3 is 2.28 bits per heavy atom. The molecule has 2 N–H and O–H groups in total. The number of carbonyl (C=O) groups is 1. The lowest BCUT2D eigenvalue weighted by Gasteiger charge is -2.19. The van der Waals surface area contributed by atoms with Gasteiger partial charge in [0.1, 0.15) is 6.54 Å². The Morgan fingerprint density at radius 1 is 1.03 bits per heavy atom. The zero-order valence-electron chi connectivity index (χ0n) is 18.0. The lowest BCUT2D eigenvalue weighted by molar-refractivity contribution is -0.917. The summed E-state index contributed by atoms with van der Waals surface area (Å²) >= 11 is 0. The highest BCUT2D eigenvalue weighted by atomic mass is 16.5. The quantitative estimate of drug-likeness (QED) is 0.648. The molecular weight excluding hydrogens is 364 g/mol. The van der Waals surface area contributed by atoms with Crippen LogP contribution in [0.15, 0.2) is 42.5 Å². The smallest absolute Gasteiger partial charge is 0.275 e. The van der Waals surface area contributed by atoms with Crippen molar-refractivity contribution < 1.29 is 19.2 Å². The molecular formula is C24H33N2O3+. The van der Waals surface area contributed by atoms with E-state index in [1.165, 1.54) is 28.9 Å². The number of quaternary nitrogens is 1. The van der Waals surface area contributed by atoms with Crippen molar-refractivity contribution >= 4 is 5.91 Å². The molecule has 0 aliphatic heterocycles. The zero-order valence-corrected chi connectivity index (χ0v) is 18.0. The van der Waals surface area contributed by atoms with E-state index >= 15 is 0 Å². The molecule has 2 aromatic carbocycles. The molecule has 0 bridgehead atoms. The number of carbonyl (C=O) groups excluding carboxylic acids is 1. The highest BCUT2D eigenvalue weighted by molar-refractivity contribution is 5.76. The maximum absolute atomic E-state index is 12.6. The van der Waals surface area contributed by atoms with E-state index in [-0.39, 0.29) is 5.91 Å². The summed E-state index contributed by atoms with van der Waals surface area (Å²) in [6, 6.07) is 15.2. The summed E-state index contributed by atoms with van der Waals surface area (Å²) in [6.07, 6.45) is 2.42. The van der Waals surface area contributed by atoms with Gasteiger partial charge in [0.15, 0.2) is 18.0 Å². The number of hydrogen-bond donors (Lipinski definition) is 2. The maximum Gasteiger partial charge on any atom is 0.275 e. The molecule has 1 fully saturated rings. The Hall–Kier alpha value is -2.53. The second kappa shape index (κ2) is 9.79. The van der Waals surface area contributed by atoms with Crippen molar-refractivity contribution in [2.24, 2.45) is 0 Å². The average Bonchev–Trinajstić information content (AvgIpc) is 3.57. The van der Waals surface area contributed by atoms with E-state index in [0.29, 0.717) is 36.5 Å². The van der Waals surface area contributed by atoms with E-state index in [9.17, 15) is 4.79 Å². The Balaban J connectivity index is 1.55. The lowest BCUT2D eigenvalue weighted by Crippen LogP contribution is -3.13. The van der Waals surface area contributed by atoms with Gasteiger partial charge in [-0.3, -0.25) is 4.79 Å². The van der Waals surface area contributed by atoms with Crippen LogP contribution in [0.3, 0.4) is 0 Å². The molecule has 5 nitrogen and oxygen atoms in total. The highest BCUT2D eigenvalue weighted by Gasteiger charge is 2.34. The average molecular weight is 398 g/mol. The first kappa shape index (κ1) is 21.2. The fourth-order valence-electron chi connectivity index (χ4n) is 3.59. The second-order valence-electron chi connectivity index (χ2n) is 8.15. The fourth-order valence-corrected chi connectivity index (χ4v) is 3.59. The van der Waals surface area contributed by atoms with Crippen LogP contribution in [-0.4, -0.2) is 32.7 Å². The summed E-state index contributed by atoms with van der Waals surface area (Å²) in [5.41, 5.74) is 3.65. The van der Waals surface area contributed by atoms with E-state index in [0.717, 1.165) is 12.1 Å². The molecule has 1 saturated carbocycles. The number of ether oxygens (including phenoxy) is 2. The van der Waals surface area contributed by atoms with Crippen LogP contribution in [0.25, 0.3) is 0 Å². The molecule has 1 aliphatic carbocycles. The van der Waals surface area contributed by atoms with Gasteiger partial charge in [-0.2, -0.15) is 0 Å². The summed E-state index contributed by atoms with van der Waals surface area (Å²) in [4.78, 5) is 13.9. The Morgan fingerprint density at radius 2 is 1.69 bits per heavy atom. The normalized spacial score (nSPS) is 14.5. The van der Waals surface area contributed by atoms with Crippen LogP contribution in [0.1, 0.15) is 49.3 Å². The van der Waals surface area contributed by atoms with Crippen LogP contribution in [0.2, 0.25) is 0 Å². The van der Waals surface area contributed by atoms with Crippen molar-refractivity contribution in [3.8, 4) is 11.5 Å². The summed E-state index contributed by atoms with van der Waals surface area (Å²) in [7, 11) is 3.23. The molecule has 1 aliphatic rings. The van der Waals surface area contributed by atoms with Gasteiger partial charge in [0.05, 0.1) is 20.3 Å². The molecule has 29 heavy (non-hydrogen) atoms. The van der Waals surface area contributed by atoms with E-state index < -0.39 is 0 Å². The number of hydrogen-bond acceptors (Lipinski definition) is 3. The summed E-state index contributed by atoms with van der Waals surface area (Å²) in [5, 5.41) is 3.05. The monoisotopic (exact) mass is 397 g/mol. The molecule has 156 valence electrons. The van der Waals surface area contributed by atoms with Crippen molar-refractivity contribution in [3.63, 3.8) is 0 Å². The predicted molar refractivity (Wildman–Crippen MR) is 114 cm³/mol. The second-order valence-corrected chi connectivity index (χ2v) is 8.15. The topological polar surface area (TPSA) is 52.0 Å². The molecule has 3 rings (SSSR count). The molecule has 0 saturated heterocycles. The molecule has 1 atom stereocenters. The third-order valence-corrected chi connectivity index (χ3v) is 5.56. The predicted octanol–water partition coefficient (Wildman–Crippen LogP) is 2.69. The summed E-state index contributed by atoms with van der Waals surface area (Å²) < 4.78 is 10.6. The molecule has 0 aromatic heterocycles. The summed E-state index contributed by atoms with van der Waals surface area (Å²) in [5.74, 6) is 1.99. The first-order valence-electron chi connectivity index (χ1n) is 10.4. The first-order chi connectivity index (χ1) is 14.0. The Labute approximate surface area is 174 Å². The third kappa shape index (κ3) is 5.97. The number of benzene rings is 2. The first-order valence-corrected chi connectivity index (χ1v) is 10.4. The molecule has 0 radical (unpaired) electrons. The van der Waals surface area contributed by atoms with Gasteiger partial charge in [0.2, 0.25) is 0 Å². The third-order valence-electron chi connectivity index (χ3n) is 5.56. The SMILES string of the molecule is COc1ccc(CNC(=O)C[NH+](Cc2ccc(C(C)C)cc2)C2CC2)cc1OC. The molecule has 0 heterocycles. The van der Waals surface area contributed by atoms with Crippen LogP contribution in [0.5, 0.6) is 11.5 Å². The molecule has 2 aromatic rings. The van der Waals surface area contributed by atoms with Gasteiger partial charge >= 0.3 is 0 Å². The van der Waals surface area contributed by atoms with E-state index in [1.807, 2.05) is 18.2 Å². The van der Waals surface area contributed by atoms with Crippen LogP contribution in [-0.2, 0) is 17.9 Å².